The van der Waals surface area contributed by atoms with E-state index in [0.717, 1.165) is 5.56 Å². The first-order valence-corrected chi connectivity index (χ1v) is 13.3. The summed E-state index contributed by atoms with van der Waals surface area (Å²) in [5.41, 5.74) is 2.17. The van der Waals surface area contributed by atoms with Crippen LogP contribution in [0.15, 0.2) is 30.6 Å². The molecule has 2 fully saturated rings. The lowest BCUT2D eigenvalue weighted by Gasteiger charge is -2.35. The number of nitrogens with one attached hydrogen (secondary N) is 2. The number of H-pyrrole nitrogens is 1. The van der Waals surface area contributed by atoms with E-state index in [1.54, 1.807) is 19.1 Å². The fourth-order valence-electron chi connectivity index (χ4n) is 5.32. The third-order valence-corrected chi connectivity index (χ3v) is 7.64. The molecule has 2 amide bonds. The quantitative estimate of drug-likeness (QED) is 0.478. The number of benzene rings is 1. The van der Waals surface area contributed by atoms with Gasteiger partial charge in [0, 0.05) is 36.7 Å². The van der Waals surface area contributed by atoms with Gasteiger partial charge in [-0.1, -0.05) is 32.9 Å². The van der Waals surface area contributed by atoms with Gasteiger partial charge in [0.15, 0.2) is 12.2 Å². The lowest BCUT2D eigenvalue weighted by atomic mass is 9.87. The zero-order chi connectivity index (χ0) is 28.5. The van der Waals surface area contributed by atoms with Crippen LogP contribution in [-0.4, -0.2) is 62.4 Å². The van der Waals surface area contributed by atoms with Crippen molar-refractivity contribution in [2.45, 2.75) is 95.4 Å². The first kappa shape index (κ1) is 28.5. The van der Waals surface area contributed by atoms with Gasteiger partial charge in [-0.05, 0) is 42.9 Å². The molecule has 2 aromatic rings. The van der Waals surface area contributed by atoms with Gasteiger partial charge in [0.05, 0.1) is 24.7 Å². The summed E-state index contributed by atoms with van der Waals surface area (Å²) in [6.07, 6.45) is 2.18. The zero-order valence-corrected chi connectivity index (χ0v) is 22.7. The molecule has 0 spiro atoms. The molecule has 2 heterocycles. The maximum absolute atomic E-state index is 14.2. The fraction of sp³-hybridized carbons (Fsp3) is 0.571. The number of carbonyl (C=O) groups excluding carboxylic acids is 2. The summed E-state index contributed by atoms with van der Waals surface area (Å²) in [7, 11) is 0. The SMILES string of the molecule is Cc1[nH]cnc1C(C(=O)NC1CCC(F)(F)CC1)N(C(=O)[C@H]1C[C@@H](O)CN1C#N)c1ccc(C(C)(C)C)cc1. The average Bonchev–Trinajstić information content (AvgIpc) is 3.47. The van der Waals surface area contributed by atoms with Crippen LogP contribution in [0, 0.1) is 18.4 Å². The smallest absolute Gasteiger partial charge is 0.251 e. The van der Waals surface area contributed by atoms with E-state index < -0.39 is 42.0 Å². The molecule has 4 rings (SSSR count). The normalized spacial score (nSPS) is 22.3. The number of rotatable bonds is 6. The summed E-state index contributed by atoms with van der Waals surface area (Å²) >= 11 is 0. The number of aliphatic hydroxyl groups excluding tert-OH is 1. The zero-order valence-electron chi connectivity index (χ0n) is 22.7. The Morgan fingerprint density at radius 1 is 1.26 bits per heavy atom. The van der Waals surface area contributed by atoms with Crippen molar-refractivity contribution >= 4 is 17.5 Å². The number of imidazole rings is 1. The van der Waals surface area contributed by atoms with E-state index in [2.05, 4.69) is 36.1 Å². The lowest BCUT2D eigenvalue weighted by molar-refractivity contribution is -0.129. The van der Waals surface area contributed by atoms with Gasteiger partial charge < -0.3 is 15.4 Å². The van der Waals surface area contributed by atoms with Crippen LogP contribution in [0.1, 0.15) is 75.9 Å². The maximum Gasteiger partial charge on any atom is 0.251 e. The Bertz CT molecular complexity index is 1220. The molecular formula is C28H36F2N6O3. The van der Waals surface area contributed by atoms with Crippen LogP contribution in [-0.2, 0) is 15.0 Å². The molecule has 2 aliphatic rings. The highest BCUT2D eigenvalue weighted by Crippen LogP contribution is 2.36. The molecule has 11 heteroatoms. The number of β-amino-alcohol motifs (C(OH)–C–C–N with tert-alkyl or cyclic N) is 1. The number of amides is 2. The number of carbonyl (C=O) groups is 2. The predicted octanol–water partition coefficient (Wildman–Crippen LogP) is 3.70. The van der Waals surface area contributed by atoms with Crippen LogP contribution < -0.4 is 10.2 Å². The minimum Gasteiger partial charge on any atom is -0.391 e. The lowest BCUT2D eigenvalue weighted by Crippen LogP contribution is -2.52. The number of aliphatic hydroxyl groups is 1. The van der Waals surface area contributed by atoms with Crippen LogP contribution in [0.5, 0.6) is 0 Å². The summed E-state index contributed by atoms with van der Waals surface area (Å²) in [5, 5.41) is 22.8. The van der Waals surface area contributed by atoms with Gasteiger partial charge in [0.25, 0.3) is 5.91 Å². The molecule has 9 nitrogen and oxygen atoms in total. The Morgan fingerprint density at radius 2 is 1.90 bits per heavy atom. The van der Waals surface area contributed by atoms with Gasteiger partial charge in [-0.3, -0.25) is 19.4 Å². The molecule has 1 aromatic carbocycles. The Hall–Kier alpha value is -3.52. The van der Waals surface area contributed by atoms with E-state index >= 15 is 0 Å². The summed E-state index contributed by atoms with van der Waals surface area (Å²) in [4.78, 5) is 38.0. The molecule has 1 aromatic heterocycles. The minimum absolute atomic E-state index is 0.0122. The second-order valence-corrected chi connectivity index (χ2v) is 11.6. The first-order chi connectivity index (χ1) is 18.3. The number of anilines is 1. The third kappa shape index (κ3) is 6.22. The number of aryl methyl sites for hydroxylation is 1. The Morgan fingerprint density at radius 3 is 2.44 bits per heavy atom. The van der Waals surface area contributed by atoms with Crippen molar-refractivity contribution in [1.82, 2.24) is 20.2 Å². The predicted molar refractivity (Wildman–Crippen MR) is 141 cm³/mol. The van der Waals surface area contributed by atoms with Crippen molar-refractivity contribution < 1.29 is 23.5 Å². The largest absolute Gasteiger partial charge is 0.391 e. The van der Waals surface area contributed by atoms with E-state index in [0.29, 0.717) is 17.1 Å². The second-order valence-electron chi connectivity index (χ2n) is 11.6. The molecule has 39 heavy (non-hydrogen) atoms. The van der Waals surface area contributed by atoms with E-state index in [1.165, 1.54) is 16.1 Å². The third-order valence-electron chi connectivity index (χ3n) is 7.64. The summed E-state index contributed by atoms with van der Waals surface area (Å²) < 4.78 is 27.5. The number of hydrogen-bond donors (Lipinski definition) is 3. The standard InChI is InChI=1S/C28H36F2N6O3/c1-17-23(33-16-32-17)24(25(38)34-19-9-11-28(29,30)12-10-19)36(20-7-5-18(6-8-20)27(2,3)4)26(39)22-13-21(37)14-35(22)15-31/h5-8,16,19,21-22,24,37H,9-14H2,1-4H3,(H,32,33)(H,34,38)/t21-,22-,24?/m1/s1. The van der Waals surface area contributed by atoms with Gasteiger partial charge >= 0.3 is 0 Å². The van der Waals surface area contributed by atoms with Gasteiger partial charge in [-0.25, -0.2) is 13.8 Å². The molecule has 1 saturated heterocycles. The maximum atomic E-state index is 14.2. The number of hydrogen-bond acceptors (Lipinski definition) is 6. The topological polar surface area (TPSA) is 125 Å². The molecule has 1 aliphatic carbocycles. The van der Waals surface area contributed by atoms with Crippen LogP contribution in [0.3, 0.4) is 0 Å². The molecule has 3 atom stereocenters. The van der Waals surface area contributed by atoms with Crippen molar-refractivity contribution in [3.05, 3.63) is 47.5 Å². The van der Waals surface area contributed by atoms with Crippen LogP contribution in [0.4, 0.5) is 14.5 Å². The van der Waals surface area contributed by atoms with E-state index in [-0.39, 0.29) is 44.1 Å². The van der Waals surface area contributed by atoms with Crippen LogP contribution >= 0.6 is 0 Å². The van der Waals surface area contributed by atoms with Crippen molar-refractivity contribution in [2.75, 3.05) is 11.4 Å². The number of likely N-dealkylation sites (tertiary alicyclic amines) is 1. The minimum atomic E-state index is -2.75. The fourth-order valence-corrected chi connectivity index (χ4v) is 5.32. The Labute approximate surface area is 227 Å². The number of aromatic amines is 1. The molecule has 1 saturated carbocycles. The average molecular weight is 543 g/mol. The number of alkyl halides is 2. The Balaban J connectivity index is 1.76. The van der Waals surface area contributed by atoms with Gasteiger partial charge in [0.1, 0.15) is 6.04 Å². The van der Waals surface area contributed by atoms with Gasteiger partial charge in [0.2, 0.25) is 11.8 Å². The molecule has 1 unspecified atom stereocenters. The van der Waals surface area contributed by atoms with E-state index in [1.807, 2.05) is 18.3 Å². The highest BCUT2D eigenvalue weighted by molar-refractivity contribution is 6.04. The van der Waals surface area contributed by atoms with Crippen molar-refractivity contribution in [2.24, 2.45) is 0 Å². The van der Waals surface area contributed by atoms with E-state index in [9.17, 15) is 28.7 Å². The highest BCUT2D eigenvalue weighted by atomic mass is 19.3. The van der Waals surface area contributed by atoms with Gasteiger partial charge in [-0.15, -0.1) is 0 Å². The number of aromatic nitrogens is 2. The first-order valence-electron chi connectivity index (χ1n) is 13.3. The summed E-state index contributed by atoms with van der Waals surface area (Å²) in [6.45, 7) is 7.93. The molecular weight excluding hydrogens is 506 g/mol. The van der Waals surface area contributed by atoms with E-state index in [4.69, 9.17) is 0 Å². The highest BCUT2D eigenvalue weighted by Gasteiger charge is 2.44. The number of halogens is 2. The van der Waals surface area contributed by atoms with Crippen molar-refractivity contribution in [1.29, 1.82) is 5.26 Å². The molecule has 1 aliphatic heterocycles. The molecule has 0 bridgehead atoms. The van der Waals surface area contributed by atoms with Crippen molar-refractivity contribution in [3.63, 3.8) is 0 Å². The number of nitrogens with zero attached hydrogens (tertiary/aromatic N) is 4. The molecule has 0 radical (unpaired) electrons. The number of nitriles is 1. The second kappa shape index (κ2) is 10.9. The Kier molecular flexibility index (Phi) is 7.98. The summed E-state index contributed by atoms with van der Waals surface area (Å²) in [5.74, 6) is -3.83. The van der Waals surface area contributed by atoms with Crippen molar-refractivity contribution in [3.8, 4) is 6.19 Å². The summed E-state index contributed by atoms with van der Waals surface area (Å²) in [6, 6.07) is 4.60. The monoisotopic (exact) mass is 542 g/mol. The van der Waals surface area contributed by atoms with Gasteiger partial charge in [-0.2, -0.15) is 5.26 Å². The molecule has 3 N–H and O–H groups in total. The van der Waals surface area contributed by atoms with Crippen LogP contribution in [0.2, 0.25) is 0 Å². The van der Waals surface area contributed by atoms with Crippen LogP contribution in [0.25, 0.3) is 0 Å². The molecule has 210 valence electrons.